The third-order valence-corrected chi connectivity index (χ3v) is 9.43. The van der Waals surface area contributed by atoms with Crippen LogP contribution in [0.25, 0.3) is 0 Å². The van der Waals surface area contributed by atoms with Gasteiger partial charge in [0.2, 0.25) is 0 Å². The van der Waals surface area contributed by atoms with Crippen molar-refractivity contribution in [3.05, 3.63) is 0 Å². The van der Waals surface area contributed by atoms with E-state index in [9.17, 15) is 19.2 Å². The second-order valence-corrected chi connectivity index (χ2v) is 9.94. The van der Waals surface area contributed by atoms with Crippen LogP contribution in [0.1, 0.15) is 27.7 Å². The number of carbonyl (C=O) groups excluding carboxylic acids is 4. The first-order valence-corrected chi connectivity index (χ1v) is 10.8. The van der Waals surface area contributed by atoms with E-state index >= 15 is 0 Å². The minimum absolute atomic E-state index is 0. The second kappa shape index (κ2) is 8.24. The first-order valence-electron chi connectivity index (χ1n) is 4.45. The molecule has 0 bridgehead atoms. The van der Waals surface area contributed by atoms with Crippen LogP contribution in [0.4, 0.5) is 0 Å². The van der Waals surface area contributed by atoms with Crippen molar-refractivity contribution >= 4 is 59.3 Å². The van der Waals surface area contributed by atoms with E-state index in [0.29, 0.717) is 0 Å². The third kappa shape index (κ3) is 8.22. The van der Waals surface area contributed by atoms with Crippen molar-refractivity contribution in [2.45, 2.75) is 27.7 Å². The van der Waals surface area contributed by atoms with Crippen LogP contribution in [0.5, 0.6) is 0 Å². The molecule has 0 rings (SSSR count). The summed E-state index contributed by atoms with van der Waals surface area (Å²) < 4.78 is 18.5. The summed E-state index contributed by atoms with van der Waals surface area (Å²) in [5.41, 5.74) is 0. The van der Waals surface area contributed by atoms with E-state index in [1.807, 2.05) is 0 Å². The summed E-state index contributed by atoms with van der Waals surface area (Å²) in [6.07, 6.45) is 0. The monoisotopic (exact) mass is 480 g/mol. The van der Waals surface area contributed by atoms with Gasteiger partial charge in [0.05, 0.1) is 0 Å². The summed E-state index contributed by atoms with van der Waals surface area (Å²) >= 11 is -5.43. The van der Waals surface area contributed by atoms with Crippen molar-refractivity contribution in [2.75, 3.05) is 0 Å². The molecule has 0 fully saturated rings. The molecule has 0 N–H and O–H groups in total. The summed E-state index contributed by atoms with van der Waals surface area (Å²) in [5, 5.41) is 0. The summed E-state index contributed by atoms with van der Waals surface area (Å²) in [4.78, 5) is 43.5. The number of carbonyl (C=O) groups is 4. The van der Waals surface area contributed by atoms with Gasteiger partial charge < -0.3 is 0 Å². The minimum Gasteiger partial charge on any atom is -0.147 e. The number of hydrogen-bond acceptors (Lipinski definition) is 8. The number of halogens is 1. The van der Waals surface area contributed by atoms with Gasteiger partial charge in [-0.3, -0.25) is 0 Å². The van der Waals surface area contributed by atoms with Gasteiger partial charge in [0.1, 0.15) is 0 Å². The smallest absolute Gasteiger partial charge is 0.147 e. The summed E-state index contributed by atoms with van der Waals surface area (Å²) in [6, 6.07) is 0. The molecule has 0 spiro atoms. The van der Waals surface area contributed by atoms with Crippen LogP contribution in [0, 0.1) is 0 Å². The standard InChI is InChI=1S/4C2H4O2.ClH.Pb/c4*1-2(3)4;;/h4*1H3,(H,3,4);1H;/q;;;;;+4/p-4. The van der Waals surface area contributed by atoms with Crippen LogP contribution in [-0.2, 0) is 29.9 Å². The number of rotatable bonds is 4. The van der Waals surface area contributed by atoms with Crippen LogP contribution < -0.4 is 0 Å². The van der Waals surface area contributed by atoms with Crippen LogP contribution in [0.15, 0.2) is 0 Å². The van der Waals surface area contributed by atoms with Gasteiger partial charge in [-0.15, -0.1) is 12.4 Å². The van der Waals surface area contributed by atoms with Gasteiger partial charge >= 0.3 is 104 Å². The van der Waals surface area contributed by atoms with E-state index in [1.165, 1.54) is 0 Å². The van der Waals surface area contributed by atoms with Gasteiger partial charge in [0.25, 0.3) is 0 Å². The molecule has 0 unspecified atom stereocenters. The van der Waals surface area contributed by atoms with Crippen LogP contribution in [0.3, 0.4) is 0 Å². The molecular weight excluding hydrogens is 467 g/mol. The zero-order valence-electron chi connectivity index (χ0n) is 10.2. The van der Waals surface area contributed by atoms with E-state index in [2.05, 4.69) is 10.7 Å². The first kappa shape index (κ1) is 19.4. The van der Waals surface area contributed by atoms with E-state index in [1.54, 1.807) is 0 Å². The molecule has 8 nitrogen and oxygen atoms in total. The third-order valence-electron chi connectivity index (χ3n) is 1.07. The quantitative estimate of drug-likeness (QED) is 0.523. The Morgan fingerprint density at radius 1 is 0.611 bits per heavy atom. The van der Waals surface area contributed by atoms with Crippen molar-refractivity contribution in [3.8, 4) is 0 Å². The minimum atomic E-state index is -5.43. The maximum Gasteiger partial charge on any atom is -0.147 e. The van der Waals surface area contributed by atoms with Gasteiger partial charge in [0.15, 0.2) is 0 Å². The molecule has 0 aliphatic rings. The Bertz CT molecular complexity index is 285. The van der Waals surface area contributed by atoms with Crippen molar-refractivity contribution in [1.82, 2.24) is 0 Å². The van der Waals surface area contributed by atoms with Gasteiger partial charge in [-0.05, 0) is 0 Å². The molecule has 18 heavy (non-hydrogen) atoms. The molecule has 0 heterocycles. The largest absolute Gasteiger partial charge is 0.147 e. The molecule has 10 heteroatoms. The summed E-state index contributed by atoms with van der Waals surface area (Å²) in [5.74, 6) is -3.52. The van der Waals surface area contributed by atoms with E-state index in [4.69, 9.17) is 0 Å². The van der Waals surface area contributed by atoms with Gasteiger partial charge in [-0.1, -0.05) is 0 Å². The Morgan fingerprint density at radius 2 is 0.778 bits per heavy atom. The fraction of sp³-hybridized carbons (Fsp3) is 0.500. The molecule has 0 aromatic rings. The molecular formula is C8H13ClO8Pb. The predicted octanol–water partition coefficient (Wildman–Crippen LogP) is 0.0962. The molecule has 0 radical (unpaired) electrons. The summed E-state index contributed by atoms with van der Waals surface area (Å²) in [7, 11) is 0. The second-order valence-electron chi connectivity index (χ2n) is 2.87. The Balaban J connectivity index is 0. The molecule has 0 saturated heterocycles. The molecule has 0 aromatic carbocycles. The van der Waals surface area contributed by atoms with E-state index < -0.39 is 46.9 Å². The Hall–Kier alpha value is -0.908. The maximum absolute atomic E-state index is 10.9. The van der Waals surface area contributed by atoms with Crippen molar-refractivity contribution in [1.29, 1.82) is 0 Å². The van der Waals surface area contributed by atoms with Gasteiger partial charge in [-0.2, -0.15) is 0 Å². The van der Waals surface area contributed by atoms with Crippen LogP contribution in [0.2, 0.25) is 0 Å². The van der Waals surface area contributed by atoms with Crippen LogP contribution >= 0.6 is 12.4 Å². The normalized spacial score (nSPS) is 9.56. The van der Waals surface area contributed by atoms with Crippen LogP contribution in [-0.4, -0.2) is 46.9 Å². The average Bonchev–Trinajstić information content (AvgIpc) is 1.95. The number of hydrogen-bond donors (Lipinski definition) is 0. The Kier molecular flexibility index (Phi) is 8.89. The summed E-state index contributed by atoms with van der Waals surface area (Å²) in [6.45, 7) is 4.02. The van der Waals surface area contributed by atoms with E-state index in [0.717, 1.165) is 27.7 Å². The van der Waals surface area contributed by atoms with Gasteiger partial charge in [0, 0.05) is 0 Å². The molecule has 0 amide bonds. The molecule has 0 saturated carbocycles. The fourth-order valence-corrected chi connectivity index (χ4v) is 7.28. The fourth-order valence-electron chi connectivity index (χ4n) is 0.829. The maximum atomic E-state index is 10.9. The van der Waals surface area contributed by atoms with Crippen molar-refractivity contribution in [3.63, 3.8) is 0 Å². The van der Waals surface area contributed by atoms with Crippen molar-refractivity contribution < 1.29 is 29.9 Å². The van der Waals surface area contributed by atoms with Gasteiger partial charge in [-0.25, -0.2) is 0 Å². The SMILES string of the molecule is CC(=O)[O][Pb]([O]C(C)=O)([O]C(C)=O)[O]C(C)=O.Cl. The molecule has 0 aromatic heterocycles. The van der Waals surface area contributed by atoms with Crippen molar-refractivity contribution in [2.24, 2.45) is 0 Å². The first-order chi connectivity index (χ1) is 7.67. The Labute approximate surface area is 117 Å². The zero-order chi connectivity index (χ0) is 13.6. The zero-order valence-corrected chi connectivity index (χ0v) is 14.9. The topological polar surface area (TPSA) is 105 Å². The Morgan fingerprint density at radius 3 is 0.889 bits per heavy atom. The average molecular weight is 480 g/mol. The molecule has 0 aliphatic heterocycles. The molecule has 104 valence electrons. The molecule has 0 aliphatic carbocycles. The predicted molar refractivity (Wildman–Crippen MR) is 60.1 cm³/mol. The molecule has 0 atom stereocenters. The van der Waals surface area contributed by atoms with E-state index in [-0.39, 0.29) is 12.4 Å².